The fourth-order valence-electron chi connectivity index (χ4n) is 3.76. The summed E-state index contributed by atoms with van der Waals surface area (Å²) >= 11 is 0. The quantitative estimate of drug-likeness (QED) is 0.307. The van der Waals surface area contributed by atoms with Crippen LogP contribution in [0.25, 0.3) is 33.4 Å². The molecular formula is C29H27F. The molecule has 0 heterocycles. The summed E-state index contributed by atoms with van der Waals surface area (Å²) in [6, 6.07) is 30.6. The Morgan fingerprint density at radius 3 is 1.70 bits per heavy atom. The highest BCUT2D eigenvalue weighted by atomic mass is 19.1. The van der Waals surface area contributed by atoms with E-state index in [0.717, 1.165) is 28.7 Å². The average molecular weight is 395 g/mol. The molecular weight excluding hydrogens is 367 g/mol. The lowest BCUT2D eigenvalue weighted by molar-refractivity contribution is 0.632. The minimum atomic E-state index is -0.189. The van der Waals surface area contributed by atoms with Crippen LogP contribution in [0.1, 0.15) is 30.9 Å². The smallest absolute Gasteiger partial charge is 0.131 e. The van der Waals surface area contributed by atoms with Gasteiger partial charge in [-0.15, -0.1) is 0 Å². The van der Waals surface area contributed by atoms with E-state index >= 15 is 0 Å². The van der Waals surface area contributed by atoms with Gasteiger partial charge in [-0.05, 0) is 59.2 Å². The number of hydrogen-bond acceptors (Lipinski definition) is 0. The lowest BCUT2D eigenvalue weighted by Gasteiger charge is -2.09. The van der Waals surface area contributed by atoms with Crippen molar-refractivity contribution in [3.05, 3.63) is 108 Å². The molecule has 4 aromatic rings. The molecule has 0 saturated heterocycles. The van der Waals surface area contributed by atoms with Crippen LogP contribution in [-0.2, 0) is 6.42 Å². The molecule has 150 valence electrons. The molecule has 0 amide bonds. The van der Waals surface area contributed by atoms with Crippen molar-refractivity contribution < 1.29 is 4.39 Å². The second-order valence-corrected chi connectivity index (χ2v) is 7.94. The molecule has 0 saturated carbocycles. The summed E-state index contributed by atoms with van der Waals surface area (Å²) in [6.45, 7) is 4.29. The highest BCUT2D eigenvalue weighted by Gasteiger charge is 2.08. The molecule has 0 radical (unpaired) electrons. The summed E-state index contributed by atoms with van der Waals surface area (Å²) in [6.07, 6.45) is 3.49. The molecule has 4 rings (SSSR count). The summed E-state index contributed by atoms with van der Waals surface area (Å²) in [5.74, 6) is -0.189. The van der Waals surface area contributed by atoms with Crippen molar-refractivity contribution in [2.75, 3.05) is 0 Å². The standard InChI is InChI=1S/C29H27F/c1-3-4-5-22-8-12-25(13-9-22)27-18-19-28(29(30)20-27)26-16-14-24(15-17-26)23-10-6-21(2)7-11-23/h6-20H,3-5H2,1-2H3. The normalized spacial score (nSPS) is 10.9. The molecule has 0 N–H and O–H groups in total. The van der Waals surface area contributed by atoms with Gasteiger partial charge < -0.3 is 0 Å². The highest BCUT2D eigenvalue weighted by molar-refractivity contribution is 5.74. The Morgan fingerprint density at radius 2 is 1.10 bits per heavy atom. The molecule has 30 heavy (non-hydrogen) atoms. The maximum absolute atomic E-state index is 14.9. The first-order valence-corrected chi connectivity index (χ1v) is 10.7. The Hall–Kier alpha value is -3.19. The van der Waals surface area contributed by atoms with Crippen LogP contribution in [-0.4, -0.2) is 0 Å². The Morgan fingerprint density at radius 1 is 0.600 bits per heavy atom. The van der Waals surface area contributed by atoms with Crippen LogP contribution in [0.5, 0.6) is 0 Å². The van der Waals surface area contributed by atoms with Crippen LogP contribution in [0.15, 0.2) is 91.0 Å². The van der Waals surface area contributed by atoms with E-state index in [1.165, 1.54) is 29.5 Å². The minimum absolute atomic E-state index is 0.189. The summed E-state index contributed by atoms with van der Waals surface area (Å²) in [5, 5.41) is 0. The molecule has 0 spiro atoms. The molecule has 0 nitrogen and oxygen atoms in total. The van der Waals surface area contributed by atoms with Crippen LogP contribution in [0.3, 0.4) is 0 Å². The SMILES string of the molecule is CCCCc1ccc(-c2ccc(-c3ccc(-c4ccc(C)cc4)cc3)c(F)c2)cc1. The Bertz CT molecular complexity index is 1100. The van der Waals surface area contributed by atoms with Gasteiger partial charge in [-0.1, -0.05) is 104 Å². The monoisotopic (exact) mass is 394 g/mol. The summed E-state index contributed by atoms with van der Waals surface area (Å²) in [4.78, 5) is 0. The van der Waals surface area contributed by atoms with Crippen molar-refractivity contribution in [2.45, 2.75) is 33.1 Å². The molecule has 1 heteroatoms. The van der Waals surface area contributed by atoms with E-state index < -0.39 is 0 Å². The summed E-state index contributed by atoms with van der Waals surface area (Å²) < 4.78 is 14.9. The van der Waals surface area contributed by atoms with Crippen molar-refractivity contribution in [3.8, 4) is 33.4 Å². The number of rotatable bonds is 6. The largest absolute Gasteiger partial charge is 0.206 e. The Balaban J connectivity index is 1.55. The van der Waals surface area contributed by atoms with Gasteiger partial charge in [0.1, 0.15) is 5.82 Å². The Kier molecular flexibility index (Phi) is 6.09. The van der Waals surface area contributed by atoms with Gasteiger partial charge in [-0.25, -0.2) is 4.39 Å². The maximum atomic E-state index is 14.9. The van der Waals surface area contributed by atoms with Gasteiger partial charge in [-0.2, -0.15) is 0 Å². The van der Waals surface area contributed by atoms with E-state index in [0.29, 0.717) is 5.56 Å². The molecule has 0 fully saturated rings. The van der Waals surface area contributed by atoms with Crippen molar-refractivity contribution in [1.29, 1.82) is 0 Å². The second kappa shape index (κ2) is 9.09. The van der Waals surface area contributed by atoms with Crippen LogP contribution in [0.2, 0.25) is 0 Å². The lowest BCUT2D eigenvalue weighted by atomic mass is 9.96. The first kappa shape index (κ1) is 20.1. The molecule has 0 bridgehead atoms. The number of hydrogen-bond donors (Lipinski definition) is 0. The van der Waals surface area contributed by atoms with E-state index in [4.69, 9.17) is 0 Å². The van der Waals surface area contributed by atoms with E-state index in [9.17, 15) is 4.39 Å². The molecule has 0 atom stereocenters. The zero-order valence-electron chi connectivity index (χ0n) is 17.7. The van der Waals surface area contributed by atoms with Gasteiger partial charge in [0, 0.05) is 5.56 Å². The van der Waals surface area contributed by atoms with Crippen molar-refractivity contribution >= 4 is 0 Å². The number of unbranched alkanes of at least 4 members (excludes halogenated alkanes) is 1. The van der Waals surface area contributed by atoms with Crippen LogP contribution >= 0.6 is 0 Å². The van der Waals surface area contributed by atoms with E-state index in [-0.39, 0.29) is 5.82 Å². The third-order valence-electron chi connectivity index (χ3n) is 5.66. The minimum Gasteiger partial charge on any atom is -0.206 e. The lowest BCUT2D eigenvalue weighted by Crippen LogP contribution is -1.88. The van der Waals surface area contributed by atoms with Crippen LogP contribution in [0.4, 0.5) is 4.39 Å². The van der Waals surface area contributed by atoms with Gasteiger partial charge in [0.15, 0.2) is 0 Å². The molecule has 0 aromatic heterocycles. The zero-order chi connectivity index (χ0) is 20.9. The van der Waals surface area contributed by atoms with Gasteiger partial charge in [-0.3, -0.25) is 0 Å². The average Bonchev–Trinajstić information content (AvgIpc) is 2.79. The van der Waals surface area contributed by atoms with Crippen molar-refractivity contribution in [1.82, 2.24) is 0 Å². The first-order chi connectivity index (χ1) is 14.6. The van der Waals surface area contributed by atoms with Crippen LogP contribution in [0, 0.1) is 12.7 Å². The molecule has 0 aliphatic rings. The van der Waals surface area contributed by atoms with E-state index in [1.54, 1.807) is 6.07 Å². The molecule has 4 aromatic carbocycles. The fraction of sp³-hybridized carbons (Fsp3) is 0.172. The number of aryl methyl sites for hydroxylation is 2. The third kappa shape index (κ3) is 4.52. The van der Waals surface area contributed by atoms with Gasteiger partial charge in [0.05, 0.1) is 0 Å². The fourth-order valence-corrected chi connectivity index (χ4v) is 3.76. The van der Waals surface area contributed by atoms with Crippen molar-refractivity contribution in [3.63, 3.8) is 0 Å². The second-order valence-electron chi connectivity index (χ2n) is 7.94. The number of benzene rings is 4. The summed E-state index contributed by atoms with van der Waals surface area (Å²) in [5.41, 5.74) is 8.38. The molecule has 0 unspecified atom stereocenters. The predicted molar refractivity (Wildman–Crippen MR) is 126 cm³/mol. The summed E-state index contributed by atoms with van der Waals surface area (Å²) in [7, 11) is 0. The van der Waals surface area contributed by atoms with E-state index in [1.807, 2.05) is 24.3 Å². The Labute approximate surface area is 179 Å². The maximum Gasteiger partial charge on any atom is 0.131 e. The van der Waals surface area contributed by atoms with E-state index in [2.05, 4.69) is 74.5 Å². The zero-order valence-corrected chi connectivity index (χ0v) is 17.7. The van der Waals surface area contributed by atoms with Gasteiger partial charge >= 0.3 is 0 Å². The first-order valence-electron chi connectivity index (χ1n) is 10.7. The molecule has 0 aliphatic carbocycles. The molecule has 0 aliphatic heterocycles. The highest BCUT2D eigenvalue weighted by Crippen LogP contribution is 2.30. The van der Waals surface area contributed by atoms with Gasteiger partial charge in [0.2, 0.25) is 0 Å². The third-order valence-corrected chi connectivity index (χ3v) is 5.66. The van der Waals surface area contributed by atoms with Gasteiger partial charge in [0.25, 0.3) is 0 Å². The number of halogens is 1. The van der Waals surface area contributed by atoms with Crippen molar-refractivity contribution in [2.24, 2.45) is 0 Å². The predicted octanol–water partition coefficient (Wildman–Crippen LogP) is 8.48. The topological polar surface area (TPSA) is 0 Å². The van der Waals surface area contributed by atoms with Crippen LogP contribution < -0.4 is 0 Å².